The Balaban J connectivity index is 0.569. The molecule has 0 aliphatic rings. The number of nitrogens with zero attached hydrogens (tertiary/aromatic N) is 4. The van der Waals surface area contributed by atoms with Crippen LogP contribution in [-0.4, -0.2) is 0 Å². The first-order chi connectivity index (χ1) is 74.1. The molecule has 0 unspecified atom stereocenters. The Hall–Kier alpha value is -19.7. The molecule has 10 nitrogen and oxygen atoms in total. The average Bonchev–Trinajstić information content (AvgIpc) is 1.54. The van der Waals surface area contributed by atoms with Gasteiger partial charge in [0.25, 0.3) is 0 Å². The predicted octanol–water partition coefficient (Wildman–Crippen LogP) is 41.1. The van der Waals surface area contributed by atoms with Crippen LogP contribution < -0.4 is 19.6 Å². The van der Waals surface area contributed by atoms with E-state index in [0.717, 1.165) is 321 Å². The van der Waals surface area contributed by atoms with Crippen LogP contribution in [0.4, 0.5) is 68.2 Å². The van der Waals surface area contributed by atoms with Gasteiger partial charge in [-0.2, -0.15) is 0 Å². The quantitative estimate of drug-likeness (QED) is 0.0878. The maximum Gasteiger partial charge on any atom is 0.159 e. The number of hydrogen-bond donors (Lipinski definition) is 0. The van der Waals surface area contributed by atoms with E-state index in [9.17, 15) is 0 Å². The molecule has 0 aliphatic carbocycles. The van der Waals surface area contributed by atoms with E-state index < -0.39 is 0 Å². The maximum atomic E-state index is 7.70. The van der Waals surface area contributed by atoms with Crippen LogP contribution in [0, 0.1) is 27.7 Å². The van der Waals surface area contributed by atoms with Crippen LogP contribution in [-0.2, 0) is 0 Å². The number of aryl methyl sites for hydroxylation is 4. The molecule has 0 fully saturated rings. The summed E-state index contributed by atoms with van der Waals surface area (Å²) >= 11 is 0. The first kappa shape index (κ1) is 85.9. The third kappa shape index (κ3) is 13.4. The van der Waals surface area contributed by atoms with Crippen LogP contribution in [0.2, 0.25) is 0 Å². The first-order valence-electron chi connectivity index (χ1n) is 51.2. The standard InChI is InChI=1S/C140H90N4O6/c1-83-33-25-55-109-111-57-29-61-117(137(111)147-133(83)109)141(95-69-65-91(66-70-95)87-35-9-5-10-36-87)121-79-125-129(105-51-21-17-47-101(105)121)130-106-52-22-18-48-102(106)122(80-126(130)145-125)142(96-71-67-92(68-72-96)88-37-11-6-12-38-88)118-62-31-59-113-115-75-73-99(85(3)135(115)149-139(113)118)100-74-76-116-114-60-32-64-120(140(114)150-136(116)86(100)4)144(98-46-28-44-94(78-98)90-41-15-8-16-42-90)124-82-128-132(108-54-24-20-50-104(108)124)131-107-53-23-19-49-103(107)123(81-127(131)146-128)143(97-45-27-43-93(77-97)89-39-13-7-14-40-89)119-63-30-58-112-110-56-26-34-84(2)134(110)148-138(112)119/h5-82H,1-4H3. The minimum atomic E-state index is 0.739. The zero-order valence-electron chi connectivity index (χ0n) is 82.3. The first-order valence-corrected chi connectivity index (χ1v) is 51.2. The van der Waals surface area contributed by atoms with E-state index in [4.69, 9.17) is 26.5 Å². The second-order valence-electron chi connectivity index (χ2n) is 39.6. The van der Waals surface area contributed by atoms with Gasteiger partial charge in [-0.15, -0.1) is 0 Å². The van der Waals surface area contributed by atoms with Crippen molar-refractivity contribution in [2.45, 2.75) is 27.7 Å². The van der Waals surface area contributed by atoms with Gasteiger partial charge in [-0.05, 0) is 201 Å². The fraction of sp³-hybridized carbons (Fsp3) is 0.0286. The monoisotopic (exact) mass is 1920 g/mol. The van der Waals surface area contributed by atoms with Crippen LogP contribution >= 0.6 is 0 Å². The van der Waals surface area contributed by atoms with Crippen LogP contribution in [0.15, 0.2) is 500 Å². The summed E-state index contributed by atoms with van der Waals surface area (Å²) in [5.41, 5.74) is 35.7. The highest BCUT2D eigenvalue weighted by Crippen LogP contribution is 2.58. The number of fused-ring (bicyclic) bond motifs is 26. The second-order valence-corrected chi connectivity index (χ2v) is 39.6. The lowest BCUT2D eigenvalue weighted by molar-refractivity contribution is 0.664. The molecule has 24 aromatic carbocycles. The maximum absolute atomic E-state index is 7.70. The van der Waals surface area contributed by atoms with Gasteiger partial charge < -0.3 is 46.1 Å². The Kier molecular flexibility index (Phi) is 19.5. The molecule has 6 heterocycles. The van der Waals surface area contributed by atoms with Crippen molar-refractivity contribution < 1.29 is 26.5 Å². The Labute approximate surface area is 861 Å². The molecule has 706 valence electrons. The summed E-state index contributed by atoms with van der Waals surface area (Å²) in [6, 6.07) is 170. The van der Waals surface area contributed by atoms with E-state index >= 15 is 0 Å². The molecule has 0 amide bonds. The summed E-state index contributed by atoms with van der Waals surface area (Å²) in [7, 11) is 0. The highest BCUT2D eigenvalue weighted by Gasteiger charge is 2.34. The molecule has 30 rings (SSSR count). The van der Waals surface area contributed by atoms with Gasteiger partial charge in [-0.25, -0.2) is 0 Å². The van der Waals surface area contributed by atoms with Crippen molar-refractivity contribution in [1.82, 2.24) is 0 Å². The highest BCUT2D eigenvalue weighted by atomic mass is 16.4. The highest BCUT2D eigenvalue weighted by molar-refractivity contribution is 6.33. The fourth-order valence-corrected chi connectivity index (χ4v) is 24.2. The molecule has 10 heteroatoms. The lowest BCUT2D eigenvalue weighted by atomic mass is 9.93. The molecular formula is C140H90N4O6. The molecule has 0 spiro atoms. The van der Waals surface area contributed by atoms with Gasteiger partial charge in [0.2, 0.25) is 0 Å². The Morgan fingerprint density at radius 3 is 0.673 bits per heavy atom. The molecule has 0 saturated carbocycles. The molecular weight excluding hydrogens is 1830 g/mol. The third-order valence-corrected chi connectivity index (χ3v) is 31.2. The Morgan fingerprint density at radius 1 is 0.140 bits per heavy atom. The van der Waals surface area contributed by atoms with Crippen LogP contribution in [0.1, 0.15) is 22.3 Å². The molecule has 6 aromatic heterocycles. The Bertz CT molecular complexity index is 10800. The lowest BCUT2D eigenvalue weighted by Gasteiger charge is -2.28. The van der Waals surface area contributed by atoms with Crippen molar-refractivity contribution in [1.29, 1.82) is 0 Å². The topological polar surface area (TPSA) is 91.8 Å². The zero-order chi connectivity index (χ0) is 99.2. The number of benzene rings is 24. The molecule has 0 radical (unpaired) electrons. The van der Waals surface area contributed by atoms with Crippen molar-refractivity contribution in [3.8, 4) is 55.6 Å². The molecule has 0 saturated heterocycles. The van der Waals surface area contributed by atoms with E-state index in [0.29, 0.717) is 0 Å². The largest absolute Gasteiger partial charge is 0.456 e. The summed E-state index contributed by atoms with van der Waals surface area (Å²) in [6.45, 7) is 8.65. The average molecular weight is 1920 g/mol. The van der Waals surface area contributed by atoms with Gasteiger partial charge in [0.1, 0.15) is 44.7 Å². The van der Waals surface area contributed by atoms with Crippen molar-refractivity contribution in [3.63, 3.8) is 0 Å². The number of para-hydroxylation sites is 6. The van der Waals surface area contributed by atoms with Crippen LogP contribution in [0.3, 0.4) is 0 Å². The van der Waals surface area contributed by atoms with E-state index in [1.165, 1.54) is 0 Å². The number of rotatable bonds is 17. The zero-order valence-corrected chi connectivity index (χ0v) is 82.3. The van der Waals surface area contributed by atoms with Gasteiger partial charge in [-0.3, -0.25) is 0 Å². The van der Waals surface area contributed by atoms with Crippen molar-refractivity contribution in [2.75, 3.05) is 19.6 Å². The number of furan rings is 6. The SMILES string of the molecule is Cc1cccc2c1oc1c(N(c3ccc(-c4ccccc4)cc3)c3cc4oc5cc(N(c6ccc(-c7ccccc7)cc6)c6cccc7c6oc6c(C)c(-c8ccc9c(oc%10c(N(c%11cccc(-c%12ccccc%12)c%11)c%11cc%12oc%13cc(N(c%14cccc(-c%15ccccc%15)c%14)c%14cccc%15c%14oc%14c(C)cccc%14%15)c%14ccccc%14c%13c%12c%12ccccc%11%12)cccc%109)c8C)ccc67)c6ccccc6c5c4c4ccccc34)cccc12. The second kappa shape index (κ2) is 34.0. The van der Waals surface area contributed by atoms with Gasteiger partial charge in [0.05, 0.1) is 45.5 Å². The van der Waals surface area contributed by atoms with Crippen molar-refractivity contribution >= 4 is 243 Å². The van der Waals surface area contributed by atoms with E-state index in [1.807, 2.05) is 0 Å². The van der Waals surface area contributed by atoms with E-state index in [2.05, 4.69) is 520 Å². The summed E-state index contributed by atoms with van der Waals surface area (Å²) in [5.74, 6) is 0. The number of hydrogen-bond acceptors (Lipinski definition) is 10. The van der Waals surface area contributed by atoms with Crippen molar-refractivity contribution in [3.05, 3.63) is 495 Å². The summed E-state index contributed by atoms with van der Waals surface area (Å²) in [4.78, 5) is 9.50. The molecule has 30 aromatic rings. The van der Waals surface area contributed by atoms with E-state index in [-0.39, 0.29) is 0 Å². The predicted molar refractivity (Wildman–Crippen MR) is 625 cm³/mol. The molecule has 150 heavy (non-hydrogen) atoms. The number of anilines is 12. The lowest BCUT2D eigenvalue weighted by Crippen LogP contribution is -2.11. The third-order valence-electron chi connectivity index (χ3n) is 31.2. The van der Waals surface area contributed by atoms with Crippen molar-refractivity contribution in [2.24, 2.45) is 0 Å². The van der Waals surface area contributed by atoms with Gasteiger partial charge in [-0.1, -0.05) is 364 Å². The Morgan fingerprint density at radius 2 is 0.367 bits per heavy atom. The summed E-state index contributed by atoms with van der Waals surface area (Å²) in [6.07, 6.45) is 0. The normalized spacial score (nSPS) is 12.0. The van der Waals surface area contributed by atoms with Gasteiger partial charge >= 0.3 is 0 Å². The smallest absolute Gasteiger partial charge is 0.159 e. The summed E-state index contributed by atoms with van der Waals surface area (Å²) in [5, 5.41) is 20.7. The van der Waals surface area contributed by atoms with Gasteiger partial charge in [0.15, 0.2) is 22.3 Å². The minimum absolute atomic E-state index is 0.739. The fourth-order valence-electron chi connectivity index (χ4n) is 24.2. The molecule has 0 bridgehead atoms. The molecule has 0 atom stereocenters. The molecule has 0 N–H and O–H groups in total. The van der Waals surface area contributed by atoms with Crippen LogP contribution in [0.5, 0.6) is 0 Å². The summed E-state index contributed by atoms with van der Waals surface area (Å²) < 4.78 is 44.8. The van der Waals surface area contributed by atoms with Crippen LogP contribution in [0.25, 0.3) is 230 Å². The van der Waals surface area contributed by atoms with Gasteiger partial charge in [0, 0.05) is 144 Å². The molecule has 0 aliphatic heterocycles. The van der Waals surface area contributed by atoms with E-state index in [1.54, 1.807) is 0 Å². The minimum Gasteiger partial charge on any atom is -0.456 e.